The van der Waals surface area contributed by atoms with E-state index in [2.05, 4.69) is 5.32 Å². The van der Waals surface area contributed by atoms with Crippen LogP contribution in [0.2, 0.25) is 5.02 Å². The molecule has 0 aromatic heterocycles. The Morgan fingerprint density at radius 2 is 1.83 bits per heavy atom. The van der Waals surface area contributed by atoms with Gasteiger partial charge in [-0.05, 0) is 36.8 Å². The molecular weight excluding hydrogens is 318 g/mol. The molecule has 2 N–H and O–H groups in total. The van der Waals surface area contributed by atoms with Gasteiger partial charge in [-0.2, -0.15) is 0 Å². The third kappa shape index (κ3) is 4.55. The van der Waals surface area contributed by atoms with Gasteiger partial charge in [0.1, 0.15) is 0 Å². The van der Waals surface area contributed by atoms with E-state index in [0.717, 1.165) is 0 Å². The Hall–Kier alpha value is -2.37. The highest BCUT2D eigenvalue weighted by molar-refractivity contribution is 6.33. The van der Waals surface area contributed by atoms with E-state index in [1.54, 1.807) is 36.4 Å². The number of anilines is 1. The lowest BCUT2D eigenvalue weighted by atomic mass is 10.1. The Labute approximate surface area is 138 Å². The first kappa shape index (κ1) is 17.0. The number of nitrogens with one attached hydrogen (secondary N) is 1. The van der Waals surface area contributed by atoms with E-state index in [-0.39, 0.29) is 6.61 Å². The maximum Gasteiger partial charge on any atom is 0.338 e. The minimum Gasteiger partial charge on any atom is -0.449 e. The zero-order valence-electron chi connectivity index (χ0n) is 12.5. The van der Waals surface area contributed by atoms with Gasteiger partial charge in [0.25, 0.3) is 5.91 Å². The molecule has 0 unspecified atom stereocenters. The Morgan fingerprint density at radius 3 is 2.43 bits per heavy atom. The van der Waals surface area contributed by atoms with E-state index < -0.39 is 18.0 Å². The molecule has 0 bridgehead atoms. The van der Waals surface area contributed by atoms with Crippen LogP contribution in [0.4, 0.5) is 5.69 Å². The molecule has 0 radical (unpaired) electrons. The number of benzene rings is 2. The highest BCUT2D eigenvalue weighted by Crippen LogP contribution is 2.20. The minimum absolute atomic E-state index is 0.105. The Balaban J connectivity index is 1.97. The number of aliphatic hydroxyl groups is 1. The third-order valence-corrected chi connectivity index (χ3v) is 3.49. The lowest BCUT2D eigenvalue weighted by Crippen LogP contribution is -2.30. The zero-order valence-corrected chi connectivity index (χ0v) is 13.2. The first-order chi connectivity index (χ1) is 11.0. The maximum absolute atomic E-state index is 12.1. The summed E-state index contributed by atoms with van der Waals surface area (Å²) in [6.07, 6.45) is -0.976. The number of hydrogen-bond donors (Lipinski definition) is 2. The van der Waals surface area contributed by atoms with E-state index in [9.17, 15) is 9.59 Å². The Bertz CT molecular complexity index is 700. The van der Waals surface area contributed by atoms with Crippen LogP contribution in [-0.2, 0) is 16.1 Å². The molecule has 0 spiro atoms. The van der Waals surface area contributed by atoms with Gasteiger partial charge in [-0.15, -0.1) is 0 Å². The number of aliphatic hydroxyl groups excluding tert-OH is 1. The van der Waals surface area contributed by atoms with Gasteiger partial charge in [0, 0.05) is 0 Å². The van der Waals surface area contributed by atoms with Crippen LogP contribution in [0.15, 0.2) is 48.5 Å². The summed E-state index contributed by atoms with van der Waals surface area (Å²) >= 11 is 5.96. The van der Waals surface area contributed by atoms with E-state index in [4.69, 9.17) is 21.4 Å². The van der Waals surface area contributed by atoms with Gasteiger partial charge >= 0.3 is 5.97 Å². The monoisotopic (exact) mass is 333 g/mol. The standard InChI is InChI=1S/C17H16ClNO4/c1-11(16(21)19-15-5-3-2-4-14(15)18)23-17(22)13-8-6-12(10-20)7-9-13/h2-9,11,20H,10H2,1H3,(H,19,21)/t11-/m1/s1. The van der Waals surface area contributed by atoms with Gasteiger partial charge < -0.3 is 15.2 Å². The molecule has 2 aromatic rings. The van der Waals surface area contributed by atoms with Crippen LogP contribution in [0, 0.1) is 0 Å². The molecule has 6 heteroatoms. The SMILES string of the molecule is C[C@@H](OC(=O)c1ccc(CO)cc1)C(=O)Nc1ccccc1Cl. The fourth-order valence-corrected chi connectivity index (χ4v) is 2.01. The fourth-order valence-electron chi connectivity index (χ4n) is 1.83. The van der Waals surface area contributed by atoms with Crippen LogP contribution < -0.4 is 5.32 Å². The minimum atomic E-state index is -0.976. The van der Waals surface area contributed by atoms with Crippen molar-refractivity contribution in [2.75, 3.05) is 5.32 Å². The molecule has 5 nitrogen and oxygen atoms in total. The van der Waals surface area contributed by atoms with Crippen molar-refractivity contribution >= 4 is 29.2 Å². The normalized spacial score (nSPS) is 11.6. The van der Waals surface area contributed by atoms with Crippen LogP contribution >= 0.6 is 11.6 Å². The van der Waals surface area contributed by atoms with Crippen molar-refractivity contribution in [3.8, 4) is 0 Å². The number of para-hydroxylation sites is 1. The van der Waals surface area contributed by atoms with Gasteiger partial charge in [-0.3, -0.25) is 4.79 Å². The summed E-state index contributed by atoms with van der Waals surface area (Å²) in [5.74, 6) is -1.09. The van der Waals surface area contributed by atoms with Gasteiger partial charge in [-0.25, -0.2) is 4.79 Å². The van der Waals surface area contributed by atoms with E-state index >= 15 is 0 Å². The molecule has 1 amide bonds. The molecule has 0 aliphatic rings. The van der Waals surface area contributed by atoms with Crippen molar-refractivity contribution in [1.82, 2.24) is 0 Å². The molecule has 120 valence electrons. The van der Waals surface area contributed by atoms with E-state index in [1.165, 1.54) is 19.1 Å². The van der Waals surface area contributed by atoms with Crippen LogP contribution in [0.25, 0.3) is 0 Å². The number of carbonyl (C=O) groups is 2. The average Bonchev–Trinajstić information content (AvgIpc) is 2.56. The molecule has 0 heterocycles. The van der Waals surface area contributed by atoms with Gasteiger partial charge in [-0.1, -0.05) is 35.9 Å². The number of amides is 1. The quantitative estimate of drug-likeness (QED) is 0.825. The van der Waals surface area contributed by atoms with Gasteiger partial charge in [0.05, 0.1) is 22.9 Å². The summed E-state index contributed by atoms with van der Waals surface area (Å²) in [7, 11) is 0. The smallest absolute Gasteiger partial charge is 0.338 e. The van der Waals surface area contributed by atoms with Crippen molar-refractivity contribution in [3.05, 3.63) is 64.7 Å². The molecular formula is C17H16ClNO4. The van der Waals surface area contributed by atoms with Crippen LogP contribution in [-0.4, -0.2) is 23.1 Å². The van der Waals surface area contributed by atoms with Crippen molar-refractivity contribution in [1.29, 1.82) is 0 Å². The average molecular weight is 334 g/mol. The highest BCUT2D eigenvalue weighted by atomic mass is 35.5. The number of esters is 1. The molecule has 0 aliphatic heterocycles. The number of ether oxygens (including phenoxy) is 1. The second kappa shape index (κ2) is 7.76. The summed E-state index contributed by atoms with van der Waals surface area (Å²) < 4.78 is 5.13. The predicted molar refractivity (Wildman–Crippen MR) is 87.3 cm³/mol. The second-order valence-electron chi connectivity index (χ2n) is 4.87. The summed E-state index contributed by atoms with van der Waals surface area (Å²) in [5.41, 5.74) is 1.44. The maximum atomic E-state index is 12.1. The number of rotatable bonds is 5. The number of carbonyl (C=O) groups excluding carboxylic acids is 2. The van der Waals surface area contributed by atoms with Gasteiger partial charge in [0.15, 0.2) is 6.10 Å². The molecule has 2 rings (SSSR count). The lowest BCUT2D eigenvalue weighted by Gasteiger charge is -2.14. The zero-order chi connectivity index (χ0) is 16.8. The van der Waals surface area contributed by atoms with Crippen LogP contribution in [0.5, 0.6) is 0 Å². The largest absolute Gasteiger partial charge is 0.449 e. The molecule has 0 fully saturated rings. The first-order valence-corrected chi connectivity index (χ1v) is 7.35. The highest BCUT2D eigenvalue weighted by Gasteiger charge is 2.19. The predicted octanol–water partition coefficient (Wildman–Crippen LogP) is 3.02. The summed E-state index contributed by atoms with van der Waals surface area (Å²) in [4.78, 5) is 24.0. The third-order valence-electron chi connectivity index (χ3n) is 3.16. The van der Waals surface area contributed by atoms with Crippen LogP contribution in [0.1, 0.15) is 22.8 Å². The Morgan fingerprint density at radius 1 is 1.17 bits per heavy atom. The molecule has 23 heavy (non-hydrogen) atoms. The van der Waals surface area contributed by atoms with Crippen LogP contribution in [0.3, 0.4) is 0 Å². The summed E-state index contributed by atoms with van der Waals surface area (Å²) in [6, 6.07) is 13.1. The van der Waals surface area contributed by atoms with Crippen molar-refractivity contribution in [2.45, 2.75) is 19.6 Å². The molecule has 0 saturated carbocycles. The van der Waals surface area contributed by atoms with Gasteiger partial charge in [0.2, 0.25) is 0 Å². The van der Waals surface area contributed by atoms with Crippen molar-refractivity contribution in [2.24, 2.45) is 0 Å². The van der Waals surface area contributed by atoms with E-state index in [0.29, 0.717) is 21.8 Å². The lowest BCUT2D eigenvalue weighted by molar-refractivity contribution is -0.123. The topological polar surface area (TPSA) is 75.6 Å². The number of hydrogen-bond acceptors (Lipinski definition) is 4. The first-order valence-electron chi connectivity index (χ1n) is 6.97. The molecule has 0 saturated heterocycles. The second-order valence-corrected chi connectivity index (χ2v) is 5.28. The molecule has 2 aromatic carbocycles. The summed E-state index contributed by atoms with van der Waals surface area (Å²) in [6.45, 7) is 1.37. The van der Waals surface area contributed by atoms with Crippen molar-refractivity contribution in [3.63, 3.8) is 0 Å². The molecule has 1 atom stereocenters. The molecule has 0 aliphatic carbocycles. The van der Waals surface area contributed by atoms with Crippen molar-refractivity contribution < 1.29 is 19.4 Å². The fraction of sp³-hybridized carbons (Fsp3) is 0.176. The van der Waals surface area contributed by atoms with E-state index in [1.807, 2.05) is 0 Å². The summed E-state index contributed by atoms with van der Waals surface area (Å²) in [5, 5.41) is 12.0. The number of halogens is 1. The Kier molecular flexibility index (Phi) is 5.73.